The van der Waals surface area contributed by atoms with Crippen LogP contribution in [0.5, 0.6) is 11.5 Å². The molecule has 0 aliphatic carbocycles. The van der Waals surface area contributed by atoms with Crippen molar-refractivity contribution in [2.75, 3.05) is 7.11 Å². The van der Waals surface area contributed by atoms with Crippen molar-refractivity contribution >= 4 is 11.7 Å². The number of nitrogens with two attached hydrogens (primary N) is 2. The molecule has 0 saturated heterocycles. The number of hydrogen-bond donors (Lipinski definition) is 3. The Bertz CT molecular complexity index is 436. The van der Waals surface area contributed by atoms with E-state index >= 15 is 0 Å². The summed E-state index contributed by atoms with van der Waals surface area (Å²) in [5.41, 5.74) is 11.3. The first-order chi connectivity index (χ1) is 7.54. The van der Waals surface area contributed by atoms with Crippen molar-refractivity contribution in [1.82, 2.24) is 0 Å². The van der Waals surface area contributed by atoms with Gasteiger partial charge in [0.1, 0.15) is 11.5 Å². The highest BCUT2D eigenvalue weighted by Gasteiger charge is 2.05. The molecule has 0 aliphatic heterocycles. The minimum absolute atomic E-state index is 0.0615. The van der Waals surface area contributed by atoms with Crippen LogP contribution in [0.4, 0.5) is 0 Å². The maximum absolute atomic E-state index is 9.69. The summed E-state index contributed by atoms with van der Waals surface area (Å²) in [5, 5.41) is 17.0. The molecule has 0 fully saturated rings. The molecule has 0 amide bonds. The van der Waals surface area contributed by atoms with Crippen LogP contribution in [0, 0.1) is 0 Å². The van der Waals surface area contributed by atoms with Gasteiger partial charge in [-0.3, -0.25) is 0 Å². The third-order valence-electron chi connectivity index (χ3n) is 1.91. The summed E-state index contributed by atoms with van der Waals surface area (Å²) >= 11 is 0. The van der Waals surface area contributed by atoms with Gasteiger partial charge in [0, 0.05) is 11.6 Å². The highest BCUT2D eigenvalue weighted by molar-refractivity contribution is 6.01. The molecule has 0 saturated carbocycles. The highest BCUT2D eigenvalue weighted by atomic mass is 16.5. The number of hydrogen-bond acceptors (Lipinski definition) is 4. The van der Waals surface area contributed by atoms with Crippen LogP contribution in [0.25, 0.3) is 0 Å². The number of benzene rings is 1. The number of methoxy groups -OCH3 is 1. The Labute approximate surface area is 93.2 Å². The van der Waals surface area contributed by atoms with Crippen LogP contribution in [-0.4, -0.2) is 23.9 Å². The summed E-state index contributed by atoms with van der Waals surface area (Å²) in [4.78, 5) is 0. The van der Waals surface area contributed by atoms with E-state index in [4.69, 9.17) is 16.2 Å². The maximum atomic E-state index is 9.69. The lowest BCUT2D eigenvalue weighted by atomic mass is 10.1. The molecule has 86 valence electrons. The molecule has 1 aromatic rings. The van der Waals surface area contributed by atoms with Crippen molar-refractivity contribution < 1.29 is 9.84 Å². The second kappa shape index (κ2) is 5.01. The average molecular weight is 222 g/mol. The number of aromatic hydroxyl groups is 1. The lowest BCUT2D eigenvalue weighted by Gasteiger charge is -2.05. The van der Waals surface area contributed by atoms with E-state index in [0.717, 1.165) is 0 Å². The zero-order valence-corrected chi connectivity index (χ0v) is 9.14. The van der Waals surface area contributed by atoms with Crippen molar-refractivity contribution in [1.29, 1.82) is 0 Å². The lowest BCUT2D eigenvalue weighted by molar-refractivity contribution is 0.407. The smallest absolute Gasteiger partial charge is 0.211 e. The number of ether oxygens (including phenoxy) is 1. The van der Waals surface area contributed by atoms with Crippen molar-refractivity contribution in [3.8, 4) is 11.5 Å². The van der Waals surface area contributed by atoms with Gasteiger partial charge in [-0.2, -0.15) is 5.10 Å². The summed E-state index contributed by atoms with van der Waals surface area (Å²) in [6.07, 6.45) is 0. The third-order valence-corrected chi connectivity index (χ3v) is 1.91. The number of rotatable bonds is 3. The first-order valence-corrected chi connectivity index (χ1v) is 4.55. The standard InChI is InChI=1S/C10H14N4O2/c1-6(13-14-10(11)12)8-4-3-7(16-2)5-9(8)15/h3-5,15H,1-2H3,(H4,11,12,14)/b13-6+. The predicted molar refractivity (Wildman–Crippen MR) is 62.7 cm³/mol. The second-order valence-corrected chi connectivity index (χ2v) is 3.09. The van der Waals surface area contributed by atoms with Gasteiger partial charge in [0.2, 0.25) is 5.96 Å². The van der Waals surface area contributed by atoms with E-state index in [1.807, 2.05) is 0 Å². The van der Waals surface area contributed by atoms with Crippen LogP contribution < -0.4 is 16.2 Å². The maximum Gasteiger partial charge on any atom is 0.211 e. The van der Waals surface area contributed by atoms with Crippen molar-refractivity contribution in [3.63, 3.8) is 0 Å². The van der Waals surface area contributed by atoms with Crippen LogP contribution in [0.15, 0.2) is 28.4 Å². The molecular formula is C10H14N4O2. The number of phenols is 1. The average Bonchev–Trinajstić information content (AvgIpc) is 2.25. The Hall–Kier alpha value is -2.24. The molecule has 1 rings (SSSR count). The van der Waals surface area contributed by atoms with Crippen LogP contribution in [-0.2, 0) is 0 Å². The molecule has 0 aliphatic rings. The topological polar surface area (TPSA) is 106 Å². The van der Waals surface area contributed by atoms with E-state index in [9.17, 15) is 5.11 Å². The molecule has 0 spiro atoms. The molecule has 0 atom stereocenters. The first-order valence-electron chi connectivity index (χ1n) is 4.55. The van der Waals surface area contributed by atoms with E-state index in [1.165, 1.54) is 13.2 Å². The summed E-state index contributed by atoms with van der Waals surface area (Å²) in [6, 6.07) is 4.88. The third kappa shape index (κ3) is 2.88. The van der Waals surface area contributed by atoms with Crippen molar-refractivity contribution in [3.05, 3.63) is 23.8 Å². The summed E-state index contributed by atoms with van der Waals surface area (Å²) in [7, 11) is 1.52. The Morgan fingerprint density at radius 2 is 2.00 bits per heavy atom. The fraction of sp³-hybridized carbons (Fsp3) is 0.200. The Kier molecular flexibility index (Phi) is 3.71. The molecule has 0 unspecified atom stereocenters. The summed E-state index contributed by atoms with van der Waals surface area (Å²) < 4.78 is 4.96. The first kappa shape index (κ1) is 11.8. The molecule has 0 radical (unpaired) electrons. The van der Waals surface area contributed by atoms with Crippen LogP contribution in [0.1, 0.15) is 12.5 Å². The van der Waals surface area contributed by atoms with E-state index in [2.05, 4.69) is 10.2 Å². The molecule has 1 aromatic carbocycles. The molecule has 5 N–H and O–H groups in total. The van der Waals surface area contributed by atoms with E-state index in [0.29, 0.717) is 17.0 Å². The lowest BCUT2D eigenvalue weighted by Crippen LogP contribution is -2.22. The zero-order valence-electron chi connectivity index (χ0n) is 9.14. The largest absolute Gasteiger partial charge is 0.507 e. The zero-order chi connectivity index (χ0) is 12.1. The fourth-order valence-electron chi connectivity index (χ4n) is 1.13. The van der Waals surface area contributed by atoms with E-state index < -0.39 is 0 Å². The van der Waals surface area contributed by atoms with Crippen molar-refractivity contribution in [2.45, 2.75) is 6.92 Å². The van der Waals surface area contributed by atoms with Crippen LogP contribution in [0.3, 0.4) is 0 Å². The van der Waals surface area contributed by atoms with Gasteiger partial charge in [-0.15, -0.1) is 5.10 Å². The number of guanidine groups is 1. The Balaban J connectivity index is 3.05. The molecule has 16 heavy (non-hydrogen) atoms. The Morgan fingerprint density at radius 3 is 2.50 bits per heavy atom. The normalized spacial score (nSPS) is 11.0. The number of nitrogens with zero attached hydrogens (tertiary/aromatic N) is 2. The molecule has 0 bridgehead atoms. The fourth-order valence-corrected chi connectivity index (χ4v) is 1.13. The summed E-state index contributed by atoms with van der Waals surface area (Å²) in [5.74, 6) is 0.495. The second-order valence-electron chi connectivity index (χ2n) is 3.09. The minimum atomic E-state index is -0.132. The number of phenolic OH excluding ortho intramolecular Hbond substituents is 1. The molecule has 0 heterocycles. The highest BCUT2D eigenvalue weighted by Crippen LogP contribution is 2.23. The van der Waals surface area contributed by atoms with Gasteiger partial charge in [-0.05, 0) is 19.1 Å². The monoisotopic (exact) mass is 222 g/mol. The van der Waals surface area contributed by atoms with Crippen molar-refractivity contribution in [2.24, 2.45) is 21.7 Å². The van der Waals surface area contributed by atoms with E-state index in [-0.39, 0.29) is 11.7 Å². The van der Waals surface area contributed by atoms with Gasteiger partial charge < -0.3 is 21.3 Å². The van der Waals surface area contributed by atoms with Gasteiger partial charge in [-0.1, -0.05) is 0 Å². The SMILES string of the molecule is COc1ccc(/C(C)=N/N=C(N)N)c(O)c1. The molecule has 0 aromatic heterocycles. The van der Waals surface area contributed by atoms with Gasteiger partial charge in [0.05, 0.1) is 12.8 Å². The van der Waals surface area contributed by atoms with Crippen LogP contribution >= 0.6 is 0 Å². The molecule has 6 heteroatoms. The molecule has 6 nitrogen and oxygen atoms in total. The summed E-state index contributed by atoms with van der Waals surface area (Å²) in [6.45, 7) is 1.69. The van der Waals surface area contributed by atoms with Gasteiger partial charge in [0.15, 0.2) is 0 Å². The quantitative estimate of drug-likeness (QED) is 0.391. The minimum Gasteiger partial charge on any atom is -0.507 e. The van der Waals surface area contributed by atoms with Crippen LogP contribution in [0.2, 0.25) is 0 Å². The van der Waals surface area contributed by atoms with E-state index in [1.54, 1.807) is 19.1 Å². The molecular weight excluding hydrogens is 208 g/mol. The van der Waals surface area contributed by atoms with Gasteiger partial charge in [0.25, 0.3) is 0 Å². The van der Waals surface area contributed by atoms with Gasteiger partial charge in [-0.25, -0.2) is 0 Å². The Morgan fingerprint density at radius 1 is 1.31 bits per heavy atom. The predicted octanol–water partition coefficient (Wildman–Crippen LogP) is 0.398. The van der Waals surface area contributed by atoms with Gasteiger partial charge >= 0.3 is 0 Å².